The molecule has 148 valence electrons. The smallest absolute Gasteiger partial charge is 0.270 e. The molecule has 1 aromatic carbocycles. The van der Waals surface area contributed by atoms with Crippen molar-refractivity contribution in [1.82, 2.24) is 24.8 Å². The lowest BCUT2D eigenvalue weighted by Crippen LogP contribution is -2.31. The van der Waals surface area contributed by atoms with E-state index in [9.17, 15) is 9.59 Å². The molecule has 1 saturated heterocycles. The van der Waals surface area contributed by atoms with E-state index in [0.29, 0.717) is 24.5 Å². The number of amides is 1. The van der Waals surface area contributed by atoms with E-state index in [2.05, 4.69) is 25.2 Å². The molecule has 2 aromatic heterocycles. The van der Waals surface area contributed by atoms with Gasteiger partial charge in [-0.1, -0.05) is 30.3 Å². The van der Waals surface area contributed by atoms with Crippen LogP contribution in [0.4, 0.5) is 5.82 Å². The first-order valence-corrected chi connectivity index (χ1v) is 9.68. The van der Waals surface area contributed by atoms with E-state index in [1.807, 2.05) is 30.3 Å². The highest BCUT2D eigenvalue weighted by Gasteiger charge is 2.16. The molecule has 0 bridgehead atoms. The fourth-order valence-corrected chi connectivity index (χ4v) is 3.33. The predicted octanol–water partition coefficient (Wildman–Crippen LogP) is 1.73. The molecule has 1 N–H and O–H groups in total. The van der Waals surface area contributed by atoms with Crippen molar-refractivity contribution in [2.75, 3.05) is 24.5 Å². The van der Waals surface area contributed by atoms with Crippen molar-refractivity contribution >= 4 is 11.7 Å². The Balaban J connectivity index is 1.36. The number of hydrogen-bond acceptors (Lipinski definition) is 6. The number of nitrogens with one attached hydrogen (secondary N) is 1. The molecule has 1 aliphatic heterocycles. The molecule has 3 heterocycles. The molecule has 0 aliphatic carbocycles. The van der Waals surface area contributed by atoms with E-state index in [-0.39, 0.29) is 11.5 Å². The molecule has 8 nitrogen and oxygen atoms in total. The Labute approximate surface area is 168 Å². The quantitative estimate of drug-likeness (QED) is 0.689. The molecule has 4 rings (SSSR count). The maximum Gasteiger partial charge on any atom is 0.270 e. The zero-order valence-electron chi connectivity index (χ0n) is 16.0. The van der Waals surface area contributed by atoms with Crippen molar-refractivity contribution in [1.29, 1.82) is 0 Å². The molecule has 29 heavy (non-hydrogen) atoms. The lowest BCUT2D eigenvalue weighted by molar-refractivity contribution is 0.0947. The standard InChI is InChI=1S/C21H22N6O2/c28-20-13-17(16-6-2-1-3-7-16)25-15-27(20)11-8-22-21(29)18-12-19(24-14-23-18)26-9-4-5-10-26/h1-3,6-7,12-15H,4-5,8-11H2,(H,22,29). The summed E-state index contributed by atoms with van der Waals surface area (Å²) in [5.74, 6) is 0.495. The first kappa shape index (κ1) is 18.8. The molecule has 0 spiro atoms. The normalized spacial score (nSPS) is 13.4. The van der Waals surface area contributed by atoms with E-state index in [0.717, 1.165) is 37.3 Å². The minimum Gasteiger partial charge on any atom is -0.357 e. The van der Waals surface area contributed by atoms with Crippen LogP contribution in [0, 0.1) is 0 Å². The lowest BCUT2D eigenvalue weighted by Gasteiger charge is -2.16. The molecular weight excluding hydrogens is 368 g/mol. The zero-order valence-corrected chi connectivity index (χ0v) is 16.0. The summed E-state index contributed by atoms with van der Waals surface area (Å²) in [6.45, 7) is 2.53. The van der Waals surface area contributed by atoms with Crippen LogP contribution in [0.25, 0.3) is 11.3 Å². The van der Waals surface area contributed by atoms with Crippen molar-refractivity contribution in [2.24, 2.45) is 0 Å². The average Bonchev–Trinajstić information content (AvgIpc) is 3.30. The summed E-state index contributed by atoms with van der Waals surface area (Å²) < 4.78 is 1.47. The Morgan fingerprint density at radius 3 is 2.59 bits per heavy atom. The Morgan fingerprint density at radius 1 is 1.03 bits per heavy atom. The first-order valence-electron chi connectivity index (χ1n) is 9.68. The molecule has 0 unspecified atom stereocenters. The van der Waals surface area contributed by atoms with Crippen LogP contribution in [0.1, 0.15) is 23.3 Å². The number of carbonyl (C=O) groups is 1. The third kappa shape index (κ3) is 4.48. The van der Waals surface area contributed by atoms with Crippen LogP contribution < -0.4 is 15.8 Å². The summed E-state index contributed by atoms with van der Waals surface area (Å²) in [5, 5.41) is 2.80. The average molecular weight is 390 g/mol. The fourth-order valence-electron chi connectivity index (χ4n) is 3.33. The molecule has 1 amide bonds. The van der Waals surface area contributed by atoms with Gasteiger partial charge in [-0.05, 0) is 12.8 Å². The van der Waals surface area contributed by atoms with Gasteiger partial charge >= 0.3 is 0 Å². The van der Waals surface area contributed by atoms with Crippen molar-refractivity contribution in [2.45, 2.75) is 19.4 Å². The van der Waals surface area contributed by atoms with Gasteiger partial charge in [0.05, 0.1) is 12.0 Å². The second-order valence-corrected chi connectivity index (χ2v) is 6.88. The molecule has 0 saturated carbocycles. The van der Waals surface area contributed by atoms with Crippen LogP contribution in [0.15, 0.2) is 59.9 Å². The predicted molar refractivity (Wildman–Crippen MR) is 110 cm³/mol. The summed E-state index contributed by atoms with van der Waals surface area (Å²) >= 11 is 0. The van der Waals surface area contributed by atoms with E-state index in [1.165, 1.54) is 23.3 Å². The monoisotopic (exact) mass is 390 g/mol. The maximum absolute atomic E-state index is 12.4. The molecular formula is C21H22N6O2. The van der Waals surface area contributed by atoms with E-state index in [4.69, 9.17) is 0 Å². The fraction of sp³-hybridized carbons (Fsp3) is 0.286. The van der Waals surface area contributed by atoms with Crippen LogP contribution in [0.3, 0.4) is 0 Å². The van der Waals surface area contributed by atoms with Gasteiger partial charge in [0.25, 0.3) is 11.5 Å². The summed E-state index contributed by atoms with van der Waals surface area (Å²) in [4.78, 5) is 39.6. The number of carbonyl (C=O) groups excluding carboxylic acids is 1. The highest BCUT2D eigenvalue weighted by atomic mass is 16.2. The number of nitrogens with zero attached hydrogens (tertiary/aromatic N) is 5. The van der Waals surface area contributed by atoms with Crippen LogP contribution in [-0.2, 0) is 6.54 Å². The van der Waals surface area contributed by atoms with Gasteiger partial charge in [-0.25, -0.2) is 15.0 Å². The number of hydrogen-bond donors (Lipinski definition) is 1. The number of aromatic nitrogens is 4. The van der Waals surface area contributed by atoms with Crippen molar-refractivity contribution < 1.29 is 4.79 Å². The number of benzene rings is 1. The van der Waals surface area contributed by atoms with Gasteiger partial charge in [0.15, 0.2) is 0 Å². The number of anilines is 1. The molecule has 1 fully saturated rings. The highest BCUT2D eigenvalue weighted by Crippen LogP contribution is 2.17. The van der Waals surface area contributed by atoms with Crippen molar-refractivity contribution in [3.8, 4) is 11.3 Å². The van der Waals surface area contributed by atoms with Gasteiger partial charge in [0, 0.05) is 43.9 Å². The van der Waals surface area contributed by atoms with E-state index < -0.39 is 0 Å². The van der Waals surface area contributed by atoms with Gasteiger partial charge in [0.2, 0.25) is 0 Å². The third-order valence-corrected chi connectivity index (χ3v) is 4.90. The molecule has 8 heteroatoms. The minimum atomic E-state index is -0.283. The van der Waals surface area contributed by atoms with Crippen LogP contribution in [0.2, 0.25) is 0 Å². The summed E-state index contributed by atoms with van der Waals surface area (Å²) in [5.41, 5.74) is 1.69. The summed E-state index contributed by atoms with van der Waals surface area (Å²) in [7, 11) is 0. The highest BCUT2D eigenvalue weighted by molar-refractivity contribution is 5.92. The zero-order chi connectivity index (χ0) is 20.1. The van der Waals surface area contributed by atoms with Crippen molar-refractivity contribution in [3.63, 3.8) is 0 Å². The minimum absolute atomic E-state index is 0.161. The van der Waals surface area contributed by atoms with Gasteiger partial charge in [-0.2, -0.15) is 0 Å². The summed E-state index contributed by atoms with van der Waals surface area (Å²) in [6.07, 6.45) is 5.20. The van der Waals surface area contributed by atoms with Gasteiger partial charge < -0.3 is 10.2 Å². The van der Waals surface area contributed by atoms with Gasteiger partial charge in [-0.15, -0.1) is 0 Å². The van der Waals surface area contributed by atoms with E-state index in [1.54, 1.807) is 6.07 Å². The maximum atomic E-state index is 12.4. The Morgan fingerprint density at radius 2 is 1.83 bits per heavy atom. The molecule has 0 atom stereocenters. The molecule has 0 radical (unpaired) electrons. The van der Waals surface area contributed by atoms with Crippen molar-refractivity contribution in [3.05, 3.63) is 71.2 Å². The molecule has 3 aromatic rings. The van der Waals surface area contributed by atoms with Gasteiger partial charge in [-0.3, -0.25) is 14.2 Å². The van der Waals surface area contributed by atoms with Crippen LogP contribution >= 0.6 is 0 Å². The van der Waals surface area contributed by atoms with Gasteiger partial charge in [0.1, 0.15) is 17.8 Å². The topological polar surface area (TPSA) is 93.0 Å². The second-order valence-electron chi connectivity index (χ2n) is 6.88. The second kappa shape index (κ2) is 8.64. The van der Waals surface area contributed by atoms with Crippen LogP contribution in [-0.4, -0.2) is 45.1 Å². The molecule has 1 aliphatic rings. The Bertz CT molecular complexity index is 1040. The first-order chi connectivity index (χ1) is 14.2. The van der Waals surface area contributed by atoms with E-state index >= 15 is 0 Å². The summed E-state index contributed by atoms with van der Waals surface area (Å²) in [6, 6.07) is 12.8. The largest absolute Gasteiger partial charge is 0.357 e. The SMILES string of the molecule is O=C(NCCn1cnc(-c2ccccc2)cc1=O)c1cc(N2CCCC2)ncn1. The van der Waals surface area contributed by atoms with Crippen LogP contribution in [0.5, 0.6) is 0 Å². The number of rotatable bonds is 6. The third-order valence-electron chi connectivity index (χ3n) is 4.90. The lowest BCUT2D eigenvalue weighted by atomic mass is 10.1. The Hall–Kier alpha value is -3.55. The Kier molecular flexibility index (Phi) is 5.60.